The van der Waals surface area contributed by atoms with Gasteiger partial charge in [-0.25, -0.2) is 0 Å². The van der Waals surface area contributed by atoms with Gasteiger partial charge < -0.3 is 5.32 Å². The van der Waals surface area contributed by atoms with E-state index in [1.54, 1.807) is 30.3 Å². The van der Waals surface area contributed by atoms with Gasteiger partial charge in [-0.3, -0.25) is 19.7 Å². The summed E-state index contributed by atoms with van der Waals surface area (Å²) in [6.45, 7) is 2.21. The van der Waals surface area contributed by atoms with Crippen molar-refractivity contribution in [1.82, 2.24) is 0 Å². The lowest BCUT2D eigenvalue weighted by atomic mass is 9.86. The molecule has 108 valence electrons. The molecule has 7 heteroatoms. The summed E-state index contributed by atoms with van der Waals surface area (Å²) in [5.41, 5.74) is -0.799. The van der Waals surface area contributed by atoms with Crippen molar-refractivity contribution >= 4 is 29.0 Å². The van der Waals surface area contributed by atoms with Crippen molar-refractivity contribution in [3.63, 3.8) is 0 Å². The Kier molecular flexibility index (Phi) is 5.21. The van der Waals surface area contributed by atoms with E-state index in [4.69, 9.17) is 11.6 Å². The van der Waals surface area contributed by atoms with Gasteiger partial charge in [-0.15, -0.1) is 11.6 Å². The largest absolute Gasteiger partial charge is 0.324 e. The van der Waals surface area contributed by atoms with Gasteiger partial charge in [-0.05, 0) is 26.0 Å². The summed E-state index contributed by atoms with van der Waals surface area (Å²) in [7, 11) is 0. The van der Waals surface area contributed by atoms with E-state index in [-0.39, 0.29) is 0 Å². The highest BCUT2D eigenvalue weighted by molar-refractivity contribution is 6.43. The van der Waals surface area contributed by atoms with Crippen LogP contribution in [0.25, 0.3) is 0 Å². The fourth-order valence-corrected chi connectivity index (χ4v) is 1.94. The lowest BCUT2D eigenvalue weighted by Gasteiger charge is -2.20. The number of hydrogen-bond donors (Lipinski definition) is 1. The average Bonchev–Trinajstić information content (AvgIpc) is 2.36. The van der Waals surface area contributed by atoms with E-state index < -0.39 is 34.0 Å². The van der Waals surface area contributed by atoms with Crippen LogP contribution >= 0.6 is 11.6 Å². The summed E-state index contributed by atoms with van der Waals surface area (Å²) in [4.78, 5) is 33.8. The predicted molar refractivity (Wildman–Crippen MR) is 75.4 cm³/mol. The molecular weight excluding hydrogens is 284 g/mol. The highest BCUT2D eigenvalue weighted by atomic mass is 35.5. The summed E-state index contributed by atoms with van der Waals surface area (Å²) in [6.07, 6.45) is 0. The zero-order chi connectivity index (χ0) is 15.3. The van der Waals surface area contributed by atoms with Crippen LogP contribution in [0, 0.1) is 15.5 Å². The third-order valence-corrected chi connectivity index (χ3v) is 3.09. The SMILES string of the molecule is CC(C)(C[N+](=O)[O-])C(=O)C(Cl)C(=O)Nc1ccccc1. The Bertz CT molecular complexity index is 516. The van der Waals surface area contributed by atoms with Crippen molar-refractivity contribution in [3.05, 3.63) is 40.4 Å². The van der Waals surface area contributed by atoms with Crippen molar-refractivity contribution in [1.29, 1.82) is 0 Å². The number of benzene rings is 1. The van der Waals surface area contributed by atoms with Gasteiger partial charge in [0.25, 0.3) is 0 Å². The Labute approximate surface area is 121 Å². The average molecular weight is 299 g/mol. The van der Waals surface area contributed by atoms with Crippen molar-refractivity contribution in [3.8, 4) is 0 Å². The minimum absolute atomic E-state index is 0.503. The number of nitrogens with zero attached hydrogens (tertiary/aromatic N) is 1. The molecular formula is C13H15ClN2O4. The highest BCUT2D eigenvalue weighted by Gasteiger charge is 2.40. The van der Waals surface area contributed by atoms with Crippen LogP contribution in [-0.4, -0.2) is 28.5 Å². The summed E-state index contributed by atoms with van der Waals surface area (Å²) >= 11 is 5.82. The summed E-state index contributed by atoms with van der Waals surface area (Å²) in [5, 5.41) is 11.5. The minimum Gasteiger partial charge on any atom is -0.324 e. The van der Waals surface area contributed by atoms with Crippen LogP contribution in [0.15, 0.2) is 30.3 Å². The number of anilines is 1. The monoisotopic (exact) mass is 298 g/mol. The van der Waals surface area contributed by atoms with Crippen LogP contribution in [0.2, 0.25) is 0 Å². The topological polar surface area (TPSA) is 89.3 Å². The molecule has 1 aromatic rings. The molecule has 0 radical (unpaired) electrons. The molecule has 1 unspecified atom stereocenters. The van der Waals surface area contributed by atoms with Crippen molar-refractivity contribution in [2.24, 2.45) is 5.41 Å². The van der Waals surface area contributed by atoms with E-state index in [1.807, 2.05) is 0 Å². The molecule has 0 bridgehead atoms. The predicted octanol–water partition coefficient (Wildman–Crippen LogP) is 2.10. The highest BCUT2D eigenvalue weighted by Crippen LogP contribution is 2.22. The standard InChI is InChI=1S/C13H15ClN2O4/c1-13(2,8-16(19)20)11(17)10(14)12(18)15-9-6-4-3-5-7-9/h3-7,10H,8H2,1-2H3,(H,15,18). The minimum atomic E-state index is -1.47. The second-order valence-electron chi connectivity index (χ2n) is 4.96. The van der Waals surface area contributed by atoms with Crippen molar-refractivity contribution < 1.29 is 14.5 Å². The van der Waals surface area contributed by atoms with Crippen LogP contribution < -0.4 is 5.32 Å². The number of carbonyl (C=O) groups excluding carboxylic acids is 2. The number of halogens is 1. The lowest BCUT2D eigenvalue weighted by Crippen LogP contribution is -2.42. The summed E-state index contributed by atoms with van der Waals surface area (Å²) in [5.74, 6) is -1.37. The number of para-hydroxylation sites is 1. The number of nitro groups is 1. The van der Waals surface area contributed by atoms with Gasteiger partial charge in [0.05, 0.1) is 5.41 Å². The maximum Gasteiger partial charge on any atom is 0.250 e. The van der Waals surface area contributed by atoms with Crippen LogP contribution in [0.3, 0.4) is 0 Å². The first kappa shape index (κ1) is 16.1. The number of hydrogen-bond acceptors (Lipinski definition) is 4. The fraction of sp³-hybridized carbons (Fsp3) is 0.385. The first-order valence-corrected chi connectivity index (χ1v) is 6.34. The summed E-state index contributed by atoms with van der Waals surface area (Å²) in [6, 6.07) is 8.51. The quantitative estimate of drug-likeness (QED) is 0.377. The molecule has 0 fully saturated rings. The third-order valence-electron chi connectivity index (χ3n) is 2.69. The summed E-state index contributed by atoms with van der Waals surface area (Å²) < 4.78 is 0. The smallest absolute Gasteiger partial charge is 0.250 e. The van der Waals surface area contributed by atoms with E-state index in [0.29, 0.717) is 5.69 Å². The van der Waals surface area contributed by atoms with Crippen molar-refractivity contribution in [2.75, 3.05) is 11.9 Å². The van der Waals surface area contributed by atoms with Crippen LogP contribution in [-0.2, 0) is 9.59 Å². The Balaban J connectivity index is 2.74. The maximum absolute atomic E-state index is 12.0. The van der Waals surface area contributed by atoms with Gasteiger partial charge in [-0.2, -0.15) is 0 Å². The number of carbonyl (C=O) groups is 2. The number of nitrogens with one attached hydrogen (secondary N) is 1. The number of rotatable bonds is 6. The molecule has 0 aromatic heterocycles. The molecule has 0 aliphatic heterocycles. The van der Waals surface area contributed by atoms with Gasteiger partial charge in [0, 0.05) is 10.6 Å². The first-order chi connectivity index (χ1) is 9.24. The van der Waals surface area contributed by atoms with E-state index >= 15 is 0 Å². The molecule has 0 aliphatic carbocycles. The Morgan fingerprint density at radius 1 is 1.35 bits per heavy atom. The van der Waals surface area contributed by atoms with Crippen LogP contribution in [0.1, 0.15) is 13.8 Å². The van der Waals surface area contributed by atoms with E-state index in [1.165, 1.54) is 13.8 Å². The van der Waals surface area contributed by atoms with E-state index in [9.17, 15) is 19.7 Å². The molecule has 6 nitrogen and oxygen atoms in total. The Hall–Kier alpha value is -1.95. The molecule has 0 heterocycles. The number of ketones is 1. The van der Waals surface area contributed by atoms with Gasteiger partial charge in [-0.1, -0.05) is 18.2 Å². The first-order valence-electron chi connectivity index (χ1n) is 5.90. The van der Waals surface area contributed by atoms with Crippen molar-refractivity contribution in [2.45, 2.75) is 19.2 Å². The molecule has 1 amide bonds. The molecule has 0 saturated heterocycles. The normalized spacial score (nSPS) is 12.6. The van der Waals surface area contributed by atoms with Gasteiger partial charge in [0.1, 0.15) is 0 Å². The van der Waals surface area contributed by atoms with Gasteiger partial charge in [0.15, 0.2) is 11.2 Å². The van der Waals surface area contributed by atoms with Gasteiger partial charge in [0.2, 0.25) is 12.5 Å². The third kappa shape index (κ3) is 4.31. The molecule has 0 saturated carbocycles. The fourth-order valence-electron chi connectivity index (χ4n) is 1.59. The van der Waals surface area contributed by atoms with E-state index in [2.05, 4.69) is 5.32 Å². The van der Waals surface area contributed by atoms with Gasteiger partial charge >= 0.3 is 0 Å². The molecule has 1 aromatic carbocycles. The second-order valence-corrected chi connectivity index (χ2v) is 5.39. The molecule has 0 spiro atoms. The lowest BCUT2D eigenvalue weighted by molar-refractivity contribution is -0.492. The molecule has 1 atom stereocenters. The molecule has 1 N–H and O–H groups in total. The number of alkyl halides is 1. The maximum atomic E-state index is 12.0. The van der Waals surface area contributed by atoms with E-state index in [0.717, 1.165) is 0 Å². The Morgan fingerprint density at radius 3 is 2.40 bits per heavy atom. The number of amides is 1. The second kappa shape index (κ2) is 6.47. The Morgan fingerprint density at radius 2 is 1.90 bits per heavy atom. The zero-order valence-corrected chi connectivity index (χ0v) is 11.9. The zero-order valence-electron chi connectivity index (χ0n) is 11.1. The number of Topliss-reactive ketones (excluding diaryl/α,β-unsaturated/α-hetero) is 1. The van der Waals surface area contributed by atoms with Crippen LogP contribution in [0.4, 0.5) is 5.69 Å². The molecule has 1 rings (SSSR count). The molecule has 0 aliphatic rings. The van der Waals surface area contributed by atoms with Crippen LogP contribution in [0.5, 0.6) is 0 Å². The molecule has 20 heavy (non-hydrogen) atoms.